The average Bonchev–Trinajstić information content (AvgIpc) is 3.07. The number of hydrogen-bond acceptors (Lipinski definition) is 7. The van der Waals surface area contributed by atoms with E-state index in [2.05, 4.69) is 13.8 Å². The van der Waals surface area contributed by atoms with Crippen molar-refractivity contribution >= 4 is 31.1 Å². The van der Waals surface area contributed by atoms with Gasteiger partial charge in [-0.25, -0.2) is 4.79 Å². The fraction of sp³-hybridized carbons (Fsp3) is 0.500. The first-order chi connectivity index (χ1) is 16.6. The van der Waals surface area contributed by atoms with Gasteiger partial charge in [0.1, 0.15) is 5.75 Å². The number of phenols is 1. The van der Waals surface area contributed by atoms with Crippen LogP contribution in [0, 0.1) is 23.7 Å². The summed E-state index contributed by atoms with van der Waals surface area (Å²) in [6.45, 7) is 6.12. The lowest BCUT2D eigenvalue weighted by Gasteiger charge is -2.44. The van der Waals surface area contributed by atoms with Crippen LogP contribution in [0.5, 0.6) is 5.75 Å². The molecule has 0 saturated carbocycles. The molecule has 0 bridgehead atoms. The lowest BCUT2D eigenvalue weighted by atomic mass is 9.57. The number of methoxy groups -OCH3 is 1. The zero-order valence-corrected chi connectivity index (χ0v) is 20.6. The predicted octanol–water partition coefficient (Wildman–Crippen LogP) is 3.80. The van der Waals surface area contributed by atoms with Crippen molar-refractivity contribution in [2.45, 2.75) is 52.5 Å². The molecule has 1 aromatic rings. The Bertz CT molecular complexity index is 1080. The van der Waals surface area contributed by atoms with Gasteiger partial charge in [-0.3, -0.25) is 9.59 Å². The number of rotatable bonds is 5. The maximum Gasteiger partial charge on any atom is 0.455 e. The number of imide groups is 3. The van der Waals surface area contributed by atoms with Gasteiger partial charge in [-0.15, -0.1) is 0 Å². The van der Waals surface area contributed by atoms with Crippen LogP contribution >= 0.6 is 0 Å². The van der Waals surface area contributed by atoms with E-state index in [0.717, 1.165) is 29.4 Å². The lowest BCUT2D eigenvalue weighted by Crippen LogP contribution is -2.46. The smallest absolute Gasteiger partial charge is 0.455 e. The van der Waals surface area contributed by atoms with Crippen LogP contribution in [-0.4, -0.2) is 53.3 Å². The molecule has 3 amide bonds. The molecule has 8 nitrogen and oxygen atoms in total. The standard InChI is InChI=1S/C26H32BNO7/c1-14(2)18-12-19-23(25(31)28(24(19)30)26(32)34-4)20-13-27(33)35-21(22(18)20)10-5-15(3)11-16-6-8-17(29)9-7-16/h6-9,11,14,19-21,23,29,33H,5,10,12-13H2,1-4H3/b15-11+/t19-,20+,21-,23-/m1/s1. The van der Waals surface area contributed by atoms with Crippen molar-refractivity contribution in [1.29, 1.82) is 0 Å². The summed E-state index contributed by atoms with van der Waals surface area (Å²) >= 11 is 0. The van der Waals surface area contributed by atoms with Gasteiger partial charge in [0.15, 0.2) is 0 Å². The first-order valence-corrected chi connectivity index (χ1v) is 12.1. The van der Waals surface area contributed by atoms with E-state index >= 15 is 0 Å². The average molecular weight is 481 g/mol. The Morgan fingerprint density at radius 2 is 1.91 bits per heavy atom. The summed E-state index contributed by atoms with van der Waals surface area (Å²) < 4.78 is 10.7. The number of nitrogens with zero attached hydrogens (tertiary/aromatic N) is 1. The first kappa shape index (κ1) is 25.2. The van der Waals surface area contributed by atoms with Crippen molar-refractivity contribution in [1.82, 2.24) is 4.90 Å². The molecule has 1 aromatic carbocycles. The summed E-state index contributed by atoms with van der Waals surface area (Å²) in [5, 5.41) is 20.1. The van der Waals surface area contributed by atoms with Crippen LogP contribution in [0.3, 0.4) is 0 Å². The quantitative estimate of drug-likeness (QED) is 0.374. The molecular weight excluding hydrogens is 449 g/mol. The van der Waals surface area contributed by atoms with Crippen molar-refractivity contribution in [3.63, 3.8) is 0 Å². The Balaban J connectivity index is 1.62. The number of allylic oxidation sites excluding steroid dienone is 2. The first-order valence-electron chi connectivity index (χ1n) is 12.1. The van der Waals surface area contributed by atoms with E-state index in [1.165, 1.54) is 0 Å². The third-order valence-corrected chi connectivity index (χ3v) is 7.41. The summed E-state index contributed by atoms with van der Waals surface area (Å²) in [5.74, 6) is -2.43. The Hall–Kier alpha value is -2.91. The summed E-state index contributed by atoms with van der Waals surface area (Å²) in [4.78, 5) is 39.1. The SMILES string of the molecule is COC(=O)N1C(=O)[C@@H]2[C@@H](CC(C(C)C)=C3[C@@H](CC/C(C)=C/c4ccc(O)cc4)OB(O)C[C@@H]32)C1=O. The third-order valence-electron chi connectivity index (χ3n) is 7.41. The molecule has 4 atom stereocenters. The molecule has 3 aliphatic rings. The number of phenolic OH excluding ortho intramolecular Hbond substituents is 1. The number of carbonyl (C=O) groups excluding carboxylic acids is 3. The summed E-state index contributed by atoms with van der Waals surface area (Å²) in [7, 11) is 0.0912. The van der Waals surface area contributed by atoms with Crippen molar-refractivity contribution < 1.29 is 33.9 Å². The van der Waals surface area contributed by atoms with Crippen LogP contribution < -0.4 is 0 Å². The second-order valence-electron chi connectivity index (χ2n) is 10.00. The number of hydrogen-bond donors (Lipinski definition) is 2. The van der Waals surface area contributed by atoms with E-state index in [-0.39, 0.29) is 30.0 Å². The molecule has 2 aliphatic heterocycles. The van der Waals surface area contributed by atoms with Gasteiger partial charge in [-0.05, 0) is 67.6 Å². The minimum atomic E-state index is -1.06. The van der Waals surface area contributed by atoms with Crippen LogP contribution in [0.2, 0.25) is 6.32 Å². The molecular formula is C26H32BNO7. The van der Waals surface area contributed by atoms with Gasteiger partial charge in [-0.2, -0.15) is 4.90 Å². The Labute approximate surface area is 205 Å². The monoisotopic (exact) mass is 481 g/mol. The maximum absolute atomic E-state index is 13.2. The van der Waals surface area contributed by atoms with Gasteiger partial charge in [0.05, 0.1) is 25.0 Å². The molecule has 1 aliphatic carbocycles. The summed E-state index contributed by atoms with van der Waals surface area (Å²) in [5.41, 5.74) is 4.15. The molecule has 186 valence electrons. The summed E-state index contributed by atoms with van der Waals surface area (Å²) in [6, 6.07) is 6.96. The van der Waals surface area contributed by atoms with Gasteiger partial charge in [0, 0.05) is 0 Å². The second kappa shape index (κ2) is 9.99. The number of benzene rings is 1. The Morgan fingerprint density at radius 1 is 1.23 bits per heavy atom. The van der Waals surface area contributed by atoms with Crippen molar-refractivity contribution in [2.75, 3.05) is 7.11 Å². The number of fused-ring (bicyclic) bond motifs is 3. The molecule has 4 rings (SSSR count). The number of amides is 3. The van der Waals surface area contributed by atoms with Gasteiger partial charge in [0.2, 0.25) is 11.8 Å². The van der Waals surface area contributed by atoms with Crippen LogP contribution in [0.25, 0.3) is 6.08 Å². The van der Waals surface area contributed by atoms with E-state index in [4.69, 9.17) is 9.39 Å². The highest BCUT2D eigenvalue weighted by Gasteiger charge is 2.59. The van der Waals surface area contributed by atoms with Gasteiger partial charge < -0.3 is 19.5 Å². The third kappa shape index (κ3) is 4.79. The minimum absolute atomic E-state index is 0.124. The molecule has 0 aromatic heterocycles. The number of aromatic hydroxyl groups is 1. The molecule has 9 heteroatoms. The molecule has 2 heterocycles. The topological polar surface area (TPSA) is 113 Å². The number of likely N-dealkylation sites (tertiary alicyclic amines) is 1. The number of carbonyl (C=O) groups is 3. The Kier molecular flexibility index (Phi) is 7.19. The zero-order chi connectivity index (χ0) is 25.4. The molecule has 0 unspecified atom stereocenters. The van der Waals surface area contributed by atoms with Gasteiger partial charge in [0.25, 0.3) is 0 Å². The second-order valence-corrected chi connectivity index (χ2v) is 10.00. The number of ether oxygens (including phenoxy) is 1. The molecule has 0 radical (unpaired) electrons. The zero-order valence-electron chi connectivity index (χ0n) is 20.6. The van der Waals surface area contributed by atoms with Gasteiger partial charge >= 0.3 is 13.2 Å². The van der Waals surface area contributed by atoms with E-state index in [1.54, 1.807) is 12.1 Å². The van der Waals surface area contributed by atoms with Crippen molar-refractivity contribution in [2.24, 2.45) is 23.7 Å². The van der Waals surface area contributed by atoms with E-state index in [0.29, 0.717) is 24.2 Å². The highest BCUT2D eigenvalue weighted by molar-refractivity contribution is 6.43. The highest BCUT2D eigenvalue weighted by atomic mass is 16.5. The van der Waals surface area contributed by atoms with Crippen molar-refractivity contribution in [3.8, 4) is 5.75 Å². The molecule has 2 N–H and O–H groups in total. The molecule has 35 heavy (non-hydrogen) atoms. The van der Waals surface area contributed by atoms with E-state index in [9.17, 15) is 24.5 Å². The largest absolute Gasteiger partial charge is 0.508 e. The fourth-order valence-electron chi connectivity index (χ4n) is 5.81. The van der Waals surface area contributed by atoms with Gasteiger partial charge in [-0.1, -0.05) is 43.2 Å². The summed E-state index contributed by atoms with van der Waals surface area (Å²) in [6.07, 6.45) is 2.61. The highest BCUT2D eigenvalue weighted by Crippen LogP contribution is 2.52. The molecule has 2 saturated heterocycles. The van der Waals surface area contributed by atoms with E-state index < -0.39 is 36.9 Å². The van der Waals surface area contributed by atoms with Crippen LogP contribution in [0.15, 0.2) is 41.0 Å². The predicted molar refractivity (Wildman–Crippen MR) is 130 cm³/mol. The Morgan fingerprint density at radius 3 is 2.54 bits per heavy atom. The van der Waals surface area contributed by atoms with Crippen LogP contribution in [-0.2, 0) is 19.0 Å². The van der Waals surface area contributed by atoms with Crippen LogP contribution in [0.1, 0.15) is 45.6 Å². The normalized spacial score (nSPS) is 26.9. The molecule has 2 fully saturated rings. The van der Waals surface area contributed by atoms with Crippen molar-refractivity contribution in [3.05, 3.63) is 46.5 Å². The van der Waals surface area contributed by atoms with E-state index in [1.807, 2.05) is 25.1 Å². The molecule has 0 spiro atoms. The lowest BCUT2D eigenvalue weighted by molar-refractivity contribution is -0.137. The van der Waals surface area contributed by atoms with Crippen LogP contribution in [0.4, 0.5) is 4.79 Å². The minimum Gasteiger partial charge on any atom is -0.508 e. The maximum atomic E-state index is 13.2. The fourth-order valence-corrected chi connectivity index (χ4v) is 5.81.